The second kappa shape index (κ2) is 8.06. The molecule has 26 heavy (non-hydrogen) atoms. The van der Waals surface area contributed by atoms with Crippen molar-refractivity contribution in [2.45, 2.75) is 31.8 Å². The molecule has 0 aliphatic rings. The summed E-state index contributed by atoms with van der Waals surface area (Å²) in [6.07, 6.45) is 2.89. The number of aromatic nitrogens is 4. The standard InChI is InChI=1S/C17H17Br2N5OS/c1-9-12(10(2)24-16(20-9)22-17(23-24)26-3)5-7-15(25)21-14-6-4-11(18)8-13(14)19/h4,6,8H,5,7H2,1-3H3,(H,21,25). The number of amides is 1. The van der Waals surface area contributed by atoms with E-state index < -0.39 is 0 Å². The third-order valence-electron chi connectivity index (χ3n) is 4.02. The average Bonchev–Trinajstić information content (AvgIpc) is 3.00. The van der Waals surface area contributed by atoms with Crippen LogP contribution in [0.5, 0.6) is 0 Å². The minimum Gasteiger partial charge on any atom is -0.325 e. The molecule has 0 radical (unpaired) electrons. The fourth-order valence-electron chi connectivity index (χ4n) is 2.68. The Kier molecular flexibility index (Phi) is 5.99. The van der Waals surface area contributed by atoms with Gasteiger partial charge < -0.3 is 5.32 Å². The van der Waals surface area contributed by atoms with E-state index in [1.807, 2.05) is 38.3 Å². The second-order valence-electron chi connectivity index (χ2n) is 5.74. The van der Waals surface area contributed by atoms with Gasteiger partial charge in [-0.25, -0.2) is 9.50 Å². The van der Waals surface area contributed by atoms with E-state index in [0.29, 0.717) is 23.8 Å². The zero-order chi connectivity index (χ0) is 18.8. The number of benzene rings is 1. The van der Waals surface area contributed by atoms with E-state index in [1.165, 1.54) is 11.8 Å². The van der Waals surface area contributed by atoms with Crippen LogP contribution >= 0.6 is 43.6 Å². The quantitative estimate of drug-likeness (QED) is 0.522. The molecular formula is C17H17Br2N5OS. The lowest BCUT2D eigenvalue weighted by atomic mass is 10.1. The number of halogens is 2. The number of aryl methyl sites for hydroxylation is 2. The zero-order valence-electron chi connectivity index (χ0n) is 14.5. The van der Waals surface area contributed by atoms with Crippen molar-refractivity contribution in [1.82, 2.24) is 19.6 Å². The van der Waals surface area contributed by atoms with Crippen LogP contribution in [0.1, 0.15) is 23.4 Å². The summed E-state index contributed by atoms with van der Waals surface area (Å²) in [7, 11) is 0. The van der Waals surface area contributed by atoms with Gasteiger partial charge in [0.25, 0.3) is 5.78 Å². The highest BCUT2D eigenvalue weighted by molar-refractivity contribution is 9.11. The van der Waals surface area contributed by atoms with Crippen LogP contribution in [-0.2, 0) is 11.2 Å². The van der Waals surface area contributed by atoms with Gasteiger partial charge in [-0.2, -0.15) is 4.98 Å². The van der Waals surface area contributed by atoms with Gasteiger partial charge in [0.1, 0.15) is 0 Å². The van der Waals surface area contributed by atoms with Crippen molar-refractivity contribution < 1.29 is 4.79 Å². The molecule has 0 bridgehead atoms. The third kappa shape index (κ3) is 4.10. The molecule has 0 saturated carbocycles. The average molecular weight is 499 g/mol. The van der Waals surface area contributed by atoms with Gasteiger partial charge in [0.05, 0.1) is 5.69 Å². The summed E-state index contributed by atoms with van der Waals surface area (Å²) in [6, 6.07) is 5.64. The van der Waals surface area contributed by atoms with Crippen molar-refractivity contribution in [3.8, 4) is 0 Å². The Morgan fingerprint density at radius 3 is 2.73 bits per heavy atom. The number of hydrogen-bond donors (Lipinski definition) is 1. The van der Waals surface area contributed by atoms with Crippen LogP contribution in [0.25, 0.3) is 5.78 Å². The van der Waals surface area contributed by atoms with Gasteiger partial charge in [-0.05, 0) is 66.2 Å². The predicted molar refractivity (Wildman–Crippen MR) is 111 cm³/mol. The van der Waals surface area contributed by atoms with Crippen LogP contribution in [0.4, 0.5) is 5.69 Å². The highest BCUT2D eigenvalue weighted by Gasteiger charge is 2.15. The largest absolute Gasteiger partial charge is 0.325 e. The van der Waals surface area contributed by atoms with E-state index in [2.05, 4.69) is 52.2 Å². The molecule has 0 saturated heterocycles. The van der Waals surface area contributed by atoms with Crippen molar-refractivity contribution in [2.75, 3.05) is 11.6 Å². The van der Waals surface area contributed by atoms with Crippen LogP contribution in [-0.4, -0.2) is 31.7 Å². The summed E-state index contributed by atoms with van der Waals surface area (Å²) < 4.78 is 3.53. The van der Waals surface area contributed by atoms with Gasteiger partial charge >= 0.3 is 0 Å². The lowest BCUT2D eigenvalue weighted by molar-refractivity contribution is -0.116. The molecule has 0 atom stereocenters. The first-order chi connectivity index (χ1) is 12.4. The van der Waals surface area contributed by atoms with Crippen molar-refractivity contribution in [2.24, 2.45) is 0 Å². The zero-order valence-corrected chi connectivity index (χ0v) is 18.5. The molecule has 0 aliphatic heterocycles. The molecule has 0 spiro atoms. The molecule has 136 valence electrons. The van der Waals surface area contributed by atoms with E-state index >= 15 is 0 Å². The Labute approximate surface area is 172 Å². The van der Waals surface area contributed by atoms with Crippen LogP contribution in [0.2, 0.25) is 0 Å². The van der Waals surface area contributed by atoms with E-state index in [0.717, 1.165) is 31.6 Å². The topological polar surface area (TPSA) is 72.2 Å². The maximum atomic E-state index is 12.4. The van der Waals surface area contributed by atoms with Crippen LogP contribution in [0, 0.1) is 13.8 Å². The maximum Gasteiger partial charge on any atom is 0.253 e. The lowest BCUT2D eigenvalue weighted by Crippen LogP contribution is -2.14. The molecule has 1 N–H and O–H groups in total. The summed E-state index contributed by atoms with van der Waals surface area (Å²) >= 11 is 8.34. The maximum absolute atomic E-state index is 12.4. The minimum absolute atomic E-state index is 0.0460. The Morgan fingerprint density at radius 1 is 1.27 bits per heavy atom. The van der Waals surface area contributed by atoms with E-state index in [4.69, 9.17) is 0 Å². The SMILES string of the molecule is CSc1nc2nc(C)c(CCC(=O)Nc3ccc(Br)cc3Br)c(C)n2n1. The third-order valence-corrected chi connectivity index (χ3v) is 5.71. The number of nitrogens with one attached hydrogen (secondary N) is 1. The Balaban J connectivity index is 1.75. The number of nitrogens with zero attached hydrogens (tertiary/aromatic N) is 4. The van der Waals surface area contributed by atoms with E-state index in [9.17, 15) is 4.79 Å². The van der Waals surface area contributed by atoms with Crippen LogP contribution in [0.3, 0.4) is 0 Å². The van der Waals surface area contributed by atoms with Gasteiger partial charge in [0.15, 0.2) is 0 Å². The van der Waals surface area contributed by atoms with Crippen LogP contribution < -0.4 is 5.32 Å². The molecular weight excluding hydrogens is 482 g/mol. The monoisotopic (exact) mass is 497 g/mol. The first kappa shape index (κ1) is 19.3. The van der Waals surface area contributed by atoms with Crippen LogP contribution in [0.15, 0.2) is 32.3 Å². The molecule has 1 aromatic carbocycles. The molecule has 3 aromatic rings. The smallest absolute Gasteiger partial charge is 0.253 e. The predicted octanol–water partition coefficient (Wildman–Crippen LogP) is 4.56. The second-order valence-corrected chi connectivity index (χ2v) is 8.29. The highest BCUT2D eigenvalue weighted by atomic mass is 79.9. The summed E-state index contributed by atoms with van der Waals surface area (Å²) in [6.45, 7) is 3.93. The van der Waals surface area contributed by atoms with Crippen molar-refractivity contribution in [3.05, 3.63) is 44.1 Å². The summed E-state index contributed by atoms with van der Waals surface area (Å²) in [5, 5.41) is 8.06. The first-order valence-corrected chi connectivity index (χ1v) is 10.7. The van der Waals surface area contributed by atoms with Gasteiger partial charge in [-0.15, -0.1) is 5.10 Å². The van der Waals surface area contributed by atoms with Gasteiger partial charge in [0, 0.05) is 26.8 Å². The Bertz CT molecular complexity index is 989. The number of hydrogen-bond acceptors (Lipinski definition) is 5. The molecule has 0 unspecified atom stereocenters. The molecule has 6 nitrogen and oxygen atoms in total. The van der Waals surface area contributed by atoms with Gasteiger partial charge in [-0.1, -0.05) is 27.7 Å². The van der Waals surface area contributed by atoms with E-state index in [1.54, 1.807) is 4.52 Å². The highest BCUT2D eigenvalue weighted by Crippen LogP contribution is 2.26. The summed E-state index contributed by atoms with van der Waals surface area (Å²) in [4.78, 5) is 21.3. The van der Waals surface area contributed by atoms with Crippen molar-refractivity contribution in [1.29, 1.82) is 0 Å². The molecule has 0 aliphatic carbocycles. The normalized spacial score (nSPS) is 11.1. The van der Waals surface area contributed by atoms with Crippen molar-refractivity contribution >= 4 is 61.0 Å². The number of carbonyl (C=O) groups is 1. The summed E-state index contributed by atoms with van der Waals surface area (Å²) in [5.74, 6) is 0.548. The van der Waals surface area contributed by atoms with Crippen molar-refractivity contribution in [3.63, 3.8) is 0 Å². The fraction of sp³-hybridized carbons (Fsp3) is 0.294. The number of anilines is 1. The number of rotatable bonds is 5. The first-order valence-electron chi connectivity index (χ1n) is 7.90. The number of fused-ring (bicyclic) bond motifs is 1. The number of carbonyl (C=O) groups excluding carboxylic acids is 1. The van der Waals surface area contributed by atoms with Gasteiger partial charge in [-0.3, -0.25) is 4.79 Å². The summed E-state index contributed by atoms with van der Waals surface area (Å²) in [5.41, 5.74) is 3.63. The Hall–Kier alpha value is -1.45. The molecule has 9 heteroatoms. The Morgan fingerprint density at radius 2 is 2.04 bits per heavy atom. The molecule has 2 aromatic heterocycles. The minimum atomic E-state index is -0.0460. The molecule has 2 heterocycles. The lowest BCUT2D eigenvalue weighted by Gasteiger charge is -2.11. The molecule has 3 rings (SSSR count). The molecule has 0 fully saturated rings. The fourth-order valence-corrected chi connectivity index (χ4v) is 4.16. The molecule has 1 amide bonds. The van der Waals surface area contributed by atoms with E-state index in [-0.39, 0.29) is 5.91 Å². The number of thioether (sulfide) groups is 1. The van der Waals surface area contributed by atoms with Gasteiger partial charge in [0.2, 0.25) is 11.1 Å².